The summed E-state index contributed by atoms with van der Waals surface area (Å²) in [6.07, 6.45) is 0. The average molecular weight is 391 g/mol. The lowest BCUT2D eigenvalue weighted by atomic mass is 9.95. The van der Waals surface area contributed by atoms with Gasteiger partial charge in [-0.15, -0.1) is 0 Å². The van der Waals surface area contributed by atoms with Crippen molar-refractivity contribution in [3.05, 3.63) is 95.8 Å². The third-order valence-corrected chi connectivity index (χ3v) is 5.50. The molecule has 0 saturated heterocycles. The Morgan fingerprint density at radius 3 is 2.10 bits per heavy atom. The zero-order chi connectivity index (χ0) is 20.3. The van der Waals surface area contributed by atoms with E-state index in [4.69, 9.17) is 4.74 Å². The van der Waals surface area contributed by atoms with Crippen LogP contribution in [0.2, 0.25) is 0 Å². The molecule has 0 saturated carbocycles. The van der Waals surface area contributed by atoms with Crippen LogP contribution in [0.5, 0.6) is 5.75 Å². The van der Waals surface area contributed by atoms with Gasteiger partial charge in [0.1, 0.15) is 17.2 Å². The molecule has 0 bridgehead atoms. The molecule has 0 fully saturated rings. The third-order valence-electron chi connectivity index (χ3n) is 5.50. The number of rotatable bonds is 5. The minimum Gasteiger partial charge on any atom is -0.484 e. The standard InChI is InChI=1S/C25H27FN2O/c1-25(2)24(16-27-22-15-21(26)13-14-23(22)29-25)28(17-19-9-5-3-6-10-19)18-20-11-7-4-8-12-20/h3-15,24,27H,16-18H2,1-2H3. The number of hydrogen-bond donors (Lipinski definition) is 1. The molecule has 4 heteroatoms. The second-order valence-electron chi connectivity index (χ2n) is 8.12. The summed E-state index contributed by atoms with van der Waals surface area (Å²) in [7, 11) is 0. The minimum absolute atomic E-state index is 0.0818. The van der Waals surface area contributed by atoms with E-state index in [-0.39, 0.29) is 11.9 Å². The van der Waals surface area contributed by atoms with Gasteiger partial charge in [-0.3, -0.25) is 4.90 Å². The zero-order valence-electron chi connectivity index (χ0n) is 16.9. The molecule has 1 aliphatic rings. The summed E-state index contributed by atoms with van der Waals surface area (Å²) in [5.41, 5.74) is 2.76. The predicted molar refractivity (Wildman–Crippen MR) is 116 cm³/mol. The lowest BCUT2D eigenvalue weighted by molar-refractivity contribution is 0.00296. The molecule has 0 aliphatic carbocycles. The molecule has 0 amide bonds. The Labute approximate surface area is 172 Å². The maximum absolute atomic E-state index is 13.7. The van der Waals surface area contributed by atoms with Crippen molar-refractivity contribution < 1.29 is 9.13 Å². The fourth-order valence-electron chi connectivity index (χ4n) is 4.01. The lowest BCUT2D eigenvalue weighted by Gasteiger charge is -2.40. The first-order valence-electron chi connectivity index (χ1n) is 10.1. The Kier molecular flexibility index (Phi) is 5.54. The zero-order valence-corrected chi connectivity index (χ0v) is 16.9. The van der Waals surface area contributed by atoms with Crippen LogP contribution in [0.15, 0.2) is 78.9 Å². The Morgan fingerprint density at radius 1 is 0.931 bits per heavy atom. The molecule has 0 spiro atoms. The molecule has 29 heavy (non-hydrogen) atoms. The maximum atomic E-state index is 13.7. The van der Waals surface area contributed by atoms with E-state index < -0.39 is 5.60 Å². The summed E-state index contributed by atoms with van der Waals surface area (Å²) in [6.45, 7) is 6.50. The van der Waals surface area contributed by atoms with Gasteiger partial charge in [-0.25, -0.2) is 4.39 Å². The first kappa shape index (κ1) is 19.5. The van der Waals surface area contributed by atoms with E-state index in [2.05, 4.69) is 72.6 Å². The molecule has 3 aromatic carbocycles. The van der Waals surface area contributed by atoms with Gasteiger partial charge in [-0.05, 0) is 37.1 Å². The smallest absolute Gasteiger partial charge is 0.143 e. The van der Waals surface area contributed by atoms with Crippen LogP contribution in [-0.2, 0) is 13.1 Å². The van der Waals surface area contributed by atoms with Crippen LogP contribution < -0.4 is 10.1 Å². The molecule has 1 heterocycles. The highest BCUT2D eigenvalue weighted by Crippen LogP contribution is 2.35. The van der Waals surface area contributed by atoms with Gasteiger partial charge < -0.3 is 10.1 Å². The number of nitrogens with one attached hydrogen (secondary N) is 1. The van der Waals surface area contributed by atoms with Crippen LogP contribution in [0.3, 0.4) is 0 Å². The van der Waals surface area contributed by atoms with E-state index in [0.29, 0.717) is 18.0 Å². The second-order valence-corrected chi connectivity index (χ2v) is 8.12. The van der Waals surface area contributed by atoms with Crippen molar-refractivity contribution in [3.63, 3.8) is 0 Å². The van der Waals surface area contributed by atoms with Crippen molar-refractivity contribution in [2.75, 3.05) is 11.9 Å². The van der Waals surface area contributed by atoms with Crippen LogP contribution >= 0.6 is 0 Å². The van der Waals surface area contributed by atoms with Crippen LogP contribution in [0, 0.1) is 5.82 Å². The Morgan fingerprint density at radius 2 is 1.52 bits per heavy atom. The van der Waals surface area contributed by atoms with Gasteiger partial charge in [-0.2, -0.15) is 0 Å². The molecule has 1 aliphatic heterocycles. The molecular formula is C25H27FN2O. The summed E-state index contributed by atoms with van der Waals surface area (Å²) in [6, 6.07) is 25.7. The van der Waals surface area contributed by atoms with Gasteiger partial charge in [0, 0.05) is 25.7 Å². The Balaban J connectivity index is 1.65. The van der Waals surface area contributed by atoms with Gasteiger partial charge in [0.2, 0.25) is 0 Å². The SMILES string of the molecule is CC1(C)Oc2ccc(F)cc2NCC1N(Cc1ccccc1)Cc1ccccc1. The van der Waals surface area contributed by atoms with E-state index in [0.717, 1.165) is 13.1 Å². The maximum Gasteiger partial charge on any atom is 0.143 e. The normalized spacial score (nSPS) is 17.7. The molecule has 1 unspecified atom stereocenters. The highest BCUT2D eigenvalue weighted by Gasteiger charge is 2.38. The first-order chi connectivity index (χ1) is 14.0. The number of nitrogens with zero attached hydrogens (tertiary/aromatic N) is 1. The number of hydrogen-bond acceptors (Lipinski definition) is 3. The van der Waals surface area contributed by atoms with Crippen molar-refractivity contribution in [3.8, 4) is 5.75 Å². The van der Waals surface area contributed by atoms with Gasteiger partial charge in [0.05, 0.1) is 11.7 Å². The van der Waals surface area contributed by atoms with E-state index in [9.17, 15) is 4.39 Å². The fraction of sp³-hybridized carbons (Fsp3) is 0.280. The van der Waals surface area contributed by atoms with Crippen LogP contribution in [0.25, 0.3) is 0 Å². The number of anilines is 1. The molecule has 1 N–H and O–H groups in total. The molecular weight excluding hydrogens is 363 g/mol. The number of halogens is 1. The summed E-state index contributed by atoms with van der Waals surface area (Å²) >= 11 is 0. The highest BCUT2D eigenvalue weighted by molar-refractivity contribution is 5.57. The fourth-order valence-corrected chi connectivity index (χ4v) is 4.01. The van der Waals surface area contributed by atoms with Crippen molar-refractivity contribution in [1.29, 1.82) is 0 Å². The molecule has 0 radical (unpaired) electrons. The summed E-state index contributed by atoms with van der Waals surface area (Å²) in [5.74, 6) is 0.430. The van der Waals surface area contributed by atoms with E-state index >= 15 is 0 Å². The number of fused-ring (bicyclic) bond motifs is 1. The molecule has 3 nitrogen and oxygen atoms in total. The summed E-state index contributed by atoms with van der Waals surface area (Å²) < 4.78 is 20.1. The van der Waals surface area contributed by atoms with E-state index in [1.807, 2.05) is 12.1 Å². The largest absolute Gasteiger partial charge is 0.484 e. The van der Waals surface area contributed by atoms with Crippen molar-refractivity contribution in [2.45, 2.75) is 38.6 Å². The van der Waals surface area contributed by atoms with Gasteiger partial charge in [0.15, 0.2) is 0 Å². The number of benzene rings is 3. The number of ether oxygens (including phenoxy) is 1. The summed E-state index contributed by atoms with van der Waals surface area (Å²) in [4.78, 5) is 2.44. The Bertz CT molecular complexity index is 902. The van der Waals surface area contributed by atoms with E-state index in [1.165, 1.54) is 23.3 Å². The summed E-state index contributed by atoms with van der Waals surface area (Å²) in [5, 5.41) is 3.42. The van der Waals surface area contributed by atoms with Crippen LogP contribution in [0.1, 0.15) is 25.0 Å². The van der Waals surface area contributed by atoms with Crippen molar-refractivity contribution in [2.24, 2.45) is 0 Å². The molecule has 3 aromatic rings. The quantitative estimate of drug-likeness (QED) is 0.624. The van der Waals surface area contributed by atoms with Crippen LogP contribution in [0.4, 0.5) is 10.1 Å². The third kappa shape index (κ3) is 4.60. The second kappa shape index (κ2) is 8.26. The van der Waals surface area contributed by atoms with Gasteiger partial charge >= 0.3 is 0 Å². The van der Waals surface area contributed by atoms with Crippen LogP contribution in [-0.4, -0.2) is 23.1 Å². The molecule has 0 aromatic heterocycles. The average Bonchev–Trinajstić information content (AvgIpc) is 2.84. The monoisotopic (exact) mass is 390 g/mol. The van der Waals surface area contributed by atoms with Gasteiger partial charge in [0.25, 0.3) is 0 Å². The van der Waals surface area contributed by atoms with Crippen molar-refractivity contribution in [1.82, 2.24) is 4.90 Å². The van der Waals surface area contributed by atoms with E-state index in [1.54, 1.807) is 6.07 Å². The molecule has 1 atom stereocenters. The van der Waals surface area contributed by atoms with Crippen molar-refractivity contribution >= 4 is 5.69 Å². The Hall–Kier alpha value is -2.85. The first-order valence-corrected chi connectivity index (χ1v) is 10.1. The molecule has 150 valence electrons. The van der Waals surface area contributed by atoms with Gasteiger partial charge in [-0.1, -0.05) is 60.7 Å². The minimum atomic E-state index is -0.459. The topological polar surface area (TPSA) is 24.5 Å². The highest BCUT2D eigenvalue weighted by atomic mass is 19.1. The molecule has 4 rings (SSSR count). The lowest BCUT2D eigenvalue weighted by Crippen LogP contribution is -2.54. The predicted octanol–water partition coefficient (Wildman–Crippen LogP) is 5.48.